The molecule has 0 saturated carbocycles. The summed E-state index contributed by atoms with van der Waals surface area (Å²) in [7, 11) is 3.36. The Labute approximate surface area is 150 Å². The van der Waals surface area contributed by atoms with Crippen molar-refractivity contribution in [3.05, 3.63) is 16.7 Å². The lowest BCUT2D eigenvalue weighted by molar-refractivity contribution is -0.745. The standard InChI is InChI=1S/C16H25N5O5/c1-9-10(4-5-25-7-6-24-3)12(22)15(26-9)21-8-20(2)11-13(21)18-16(17)19-14(11)23/h8-10,12,15,22H,4-7H2,1-3H3,(H2-,17,18,19,23)/p+1/t9-,10-,12-,15-/m1/s1. The molecule has 1 aliphatic heterocycles. The molecule has 0 radical (unpaired) electrons. The van der Waals surface area contributed by atoms with E-state index >= 15 is 0 Å². The Morgan fingerprint density at radius 3 is 2.96 bits per heavy atom. The van der Waals surface area contributed by atoms with Crippen LogP contribution >= 0.6 is 0 Å². The van der Waals surface area contributed by atoms with Gasteiger partial charge in [-0.1, -0.05) is 4.98 Å². The Hall–Kier alpha value is -2.01. The van der Waals surface area contributed by atoms with Crippen LogP contribution in [0.25, 0.3) is 11.2 Å². The topological polar surface area (TPSA) is 128 Å². The van der Waals surface area contributed by atoms with Gasteiger partial charge in [0.05, 0.1) is 26.4 Å². The fourth-order valence-electron chi connectivity index (χ4n) is 3.45. The molecule has 0 aromatic carbocycles. The number of nitrogens with two attached hydrogens (primary N) is 1. The zero-order valence-electron chi connectivity index (χ0n) is 15.2. The summed E-state index contributed by atoms with van der Waals surface area (Å²) in [5.41, 5.74) is 6.09. The van der Waals surface area contributed by atoms with Gasteiger partial charge in [0.1, 0.15) is 6.10 Å². The van der Waals surface area contributed by atoms with Crippen molar-refractivity contribution in [2.24, 2.45) is 13.0 Å². The van der Waals surface area contributed by atoms with Gasteiger partial charge in [0.2, 0.25) is 11.7 Å². The van der Waals surface area contributed by atoms with Crippen LogP contribution in [0.4, 0.5) is 5.95 Å². The highest BCUT2D eigenvalue weighted by atomic mass is 16.5. The van der Waals surface area contributed by atoms with Crippen LogP contribution in [0, 0.1) is 5.92 Å². The molecule has 2 aromatic heterocycles. The number of hydrogen-bond donors (Lipinski definition) is 3. The van der Waals surface area contributed by atoms with Crippen LogP contribution in [0.5, 0.6) is 0 Å². The highest BCUT2D eigenvalue weighted by molar-refractivity contribution is 5.67. The van der Waals surface area contributed by atoms with E-state index in [4.69, 9.17) is 19.9 Å². The van der Waals surface area contributed by atoms with Crippen LogP contribution in [0.2, 0.25) is 0 Å². The maximum atomic E-state index is 12.1. The molecule has 0 aliphatic carbocycles. The second kappa shape index (κ2) is 7.70. The first-order chi connectivity index (χ1) is 12.4. The smallest absolute Gasteiger partial charge is 0.313 e. The van der Waals surface area contributed by atoms with Gasteiger partial charge in [-0.3, -0.25) is 14.3 Å². The van der Waals surface area contributed by atoms with Gasteiger partial charge in [-0.05, 0) is 13.3 Å². The number of ether oxygens (including phenoxy) is 3. The highest BCUT2D eigenvalue weighted by Crippen LogP contribution is 2.33. The van der Waals surface area contributed by atoms with Gasteiger partial charge in [-0.15, -0.1) is 0 Å². The third kappa shape index (κ3) is 3.45. The molecule has 3 rings (SSSR count). The summed E-state index contributed by atoms with van der Waals surface area (Å²) >= 11 is 0. The summed E-state index contributed by atoms with van der Waals surface area (Å²) in [6.07, 6.45) is 0.775. The van der Waals surface area contributed by atoms with Gasteiger partial charge in [0.15, 0.2) is 6.33 Å². The first-order valence-electron chi connectivity index (χ1n) is 8.60. The molecular weight excluding hydrogens is 342 g/mol. The number of aliphatic hydroxyl groups is 1. The molecule has 0 unspecified atom stereocenters. The molecule has 10 heteroatoms. The van der Waals surface area contributed by atoms with Gasteiger partial charge < -0.3 is 25.1 Å². The number of methoxy groups -OCH3 is 1. The summed E-state index contributed by atoms with van der Waals surface area (Å²) in [4.78, 5) is 18.8. The van der Waals surface area contributed by atoms with E-state index in [0.717, 1.165) is 0 Å². The van der Waals surface area contributed by atoms with Crippen LogP contribution in [0.1, 0.15) is 19.6 Å². The largest absolute Gasteiger partial charge is 0.386 e. The minimum atomic E-state index is -0.756. The minimum Gasteiger partial charge on any atom is -0.386 e. The molecule has 1 saturated heterocycles. The van der Waals surface area contributed by atoms with Crippen molar-refractivity contribution in [1.82, 2.24) is 14.5 Å². The summed E-state index contributed by atoms with van der Waals surface area (Å²) in [6.45, 7) is 3.48. The molecule has 0 bridgehead atoms. The predicted molar refractivity (Wildman–Crippen MR) is 92.3 cm³/mol. The number of anilines is 1. The minimum absolute atomic E-state index is 0.0195. The number of fused-ring (bicyclic) bond motifs is 1. The van der Waals surface area contributed by atoms with Crippen molar-refractivity contribution in [3.63, 3.8) is 0 Å². The second-order valence-corrected chi connectivity index (χ2v) is 6.54. The van der Waals surface area contributed by atoms with Crippen LogP contribution in [-0.4, -0.2) is 58.8 Å². The van der Waals surface area contributed by atoms with Crippen LogP contribution in [-0.2, 0) is 21.3 Å². The summed E-state index contributed by atoms with van der Waals surface area (Å²) < 4.78 is 19.7. The van der Waals surface area contributed by atoms with E-state index in [2.05, 4.69) is 9.97 Å². The molecule has 1 aliphatic rings. The van der Waals surface area contributed by atoms with Gasteiger partial charge in [-0.25, -0.2) is 4.57 Å². The lowest BCUT2D eigenvalue weighted by Gasteiger charge is -2.17. The van der Waals surface area contributed by atoms with Crippen molar-refractivity contribution in [2.75, 3.05) is 32.7 Å². The van der Waals surface area contributed by atoms with Gasteiger partial charge in [-0.2, -0.15) is 0 Å². The van der Waals surface area contributed by atoms with Gasteiger partial charge in [0, 0.05) is 19.6 Å². The first kappa shape index (κ1) is 18.8. The van der Waals surface area contributed by atoms with Crippen molar-refractivity contribution < 1.29 is 23.9 Å². The maximum Gasteiger partial charge on any atom is 0.313 e. The number of aliphatic hydroxyl groups excluding tert-OH is 1. The number of aryl methyl sites for hydroxylation is 1. The second-order valence-electron chi connectivity index (χ2n) is 6.54. The van der Waals surface area contributed by atoms with Crippen molar-refractivity contribution >= 4 is 17.1 Å². The number of hydrogen-bond acceptors (Lipinski definition) is 7. The van der Waals surface area contributed by atoms with Crippen molar-refractivity contribution in [2.45, 2.75) is 31.8 Å². The molecule has 144 valence electrons. The van der Waals surface area contributed by atoms with Crippen molar-refractivity contribution in [1.29, 1.82) is 0 Å². The SMILES string of the molecule is COCCOCC[C@H]1[C@@H](O)[C@H]([n+]2cn(C)c3c(=O)[nH]c(N)nc32)O[C@@H]1C. The molecule has 4 N–H and O–H groups in total. The Morgan fingerprint density at radius 2 is 2.23 bits per heavy atom. The van der Waals surface area contributed by atoms with E-state index in [1.807, 2.05) is 6.92 Å². The molecular formula is C16H26N5O5+. The first-order valence-corrected chi connectivity index (χ1v) is 8.60. The number of nitrogens with one attached hydrogen (secondary N) is 1. The fraction of sp³-hybridized carbons (Fsp3) is 0.688. The van der Waals surface area contributed by atoms with E-state index in [9.17, 15) is 9.90 Å². The van der Waals surface area contributed by atoms with Gasteiger partial charge >= 0.3 is 5.65 Å². The Balaban J connectivity index is 1.80. The van der Waals surface area contributed by atoms with Crippen LogP contribution in [0.15, 0.2) is 11.1 Å². The molecule has 0 amide bonds. The molecule has 26 heavy (non-hydrogen) atoms. The average Bonchev–Trinajstić information content (AvgIpc) is 3.05. The van der Waals surface area contributed by atoms with Crippen molar-refractivity contribution in [3.8, 4) is 0 Å². The van der Waals surface area contributed by atoms with E-state index in [1.165, 1.54) is 0 Å². The lowest BCUT2D eigenvalue weighted by atomic mass is 9.95. The van der Waals surface area contributed by atoms with Crippen LogP contribution in [0.3, 0.4) is 0 Å². The Morgan fingerprint density at radius 1 is 1.46 bits per heavy atom. The van der Waals surface area contributed by atoms with Gasteiger partial charge in [0.25, 0.3) is 11.5 Å². The number of rotatable bonds is 7. The quantitative estimate of drug-likeness (QED) is 0.426. The molecule has 1 fully saturated rings. The lowest BCUT2D eigenvalue weighted by Crippen LogP contribution is -2.45. The molecule has 0 spiro atoms. The molecule has 2 aromatic rings. The third-order valence-corrected chi connectivity index (χ3v) is 4.78. The number of aromatic nitrogens is 4. The fourth-order valence-corrected chi connectivity index (χ4v) is 3.45. The summed E-state index contributed by atoms with van der Waals surface area (Å²) in [5, 5.41) is 10.8. The predicted octanol–water partition coefficient (Wildman–Crippen LogP) is -0.921. The molecule has 3 heterocycles. The van der Waals surface area contributed by atoms with E-state index in [-0.39, 0.29) is 23.5 Å². The number of nitrogens with zero attached hydrogens (tertiary/aromatic N) is 3. The van der Waals surface area contributed by atoms with Crippen LogP contribution < -0.4 is 15.9 Å². The zero-order chi connectivity index (χ0) is 18.8. The van der Waals surface area contributed by atoms with E-state index in [1.54, 1.807) is 29.6 Å². The summed E-state index contributed by atoms with van der Waals surface area (Å²) in [6, 6.07) is 0. The Kier molecular flexibility index (Phi) is 5.56. The van der Waals surface area contributed by atoms with E-state index in [0.29, 0.717) is 37.4 Å². The number of imidazole rings is 1. The normalized spacial score (nSPS) is 26.0. The zero-order valence-corrected chi connectivity index (χ0v) is 15.2. The average molecular weight is 368 g/mol. The third-order valence-electron chi connectivity index (χ3n) is 4.78. The molecule has 10 nitrogen and oxygen atoms in total. The number of nitrogen functional groups attached to an aromatic ring is 1. The number of H-pyrrole nitrogens is 1. The number of aromatic amines is 1. The maximum absolute atomic E-state index is 12.1. The summed E-state index contributed by atoms with van der Waals surface area (Å²) in [5.74, 6) is -0.0734. The van der Waals surface area contributed by atoms with E-state index < -0.39 is 12.3 Å². The highest BCUT2D eigenvalue weighted by Gasteiger charge is 2.45. The Bertz CT molecular complexity index is 819. The monoisotopic (exact) mass is 368 g/mol. The molecule has 4 atom stereocenters.